The maximum atomic E-state index is 5.34. The molecule has 0 aliphatic heterocycles. The van der Waals surface area contributed by atoms with Crippen LogP contribution in [0.1, 0.15) is 43.2 Å². The van der Waals surface area contributed by atoms with Crippen LogP contribution in [0.25, 0.3) is 78.0 Å². The molecule has 3 heteroatoms. The molecule has 258 valence electrons. The Labute approximate surface area is 315 Å². The summed E-state index contributed by atoms with van der Waals surface area (Å²) in [5.74, 6) is 5.26. The van der Waals surface area contributed by atoms with Gasteiger partial charge in [-0.25, -0.2) is 15.0 Å². The number of fused-ring (bicyclic) bond motifs is 6. The van der Waals surface area contributed by atoms with Crippen LogP contribution in [0.3, 0.4) is 0 Å². The standard InChI is InChI=1S/C51H39N3/c1-2-9-33(10-3-1)34-17-19-37(20-18-34)48-52-49(54-50(53-48)43-16-8-13-35-11-4-6-14-41(35)43)38-21-23-44-46(30-38)51(39-26-31-25-32(28-39)29-40(51)27-31)45-24-22-36-12-5-7-15-42(36)47(44)45/h1-24,30-32,39-40H,25-29H2. The van der Waals surface area contributed by atoms with Crippen molar-refractivity contribution >= 4 is 21.5 Å². The number of nitrogens with zero attached hydrogens (tertiary/aromatic N) is 3. The van der Waals surface area contributed by atoms with Crippen molar-refractivity contribution in [2.24, 2.45) is 23.7 Å². The third kappa shape index (κ3) is 4.39. The fourth-order valence-electron chi connectivity index (χ4n) is 11.7. The summed E-state index contributed by atoms with van der Waals surface area (Å²) in [5, 5.41) is 5.03. The van der Waals surface area contributed by atoms with Crippen LogP contribution in [0, 0.1) is 23.7 Å². The zero-order valence-corrected chi connectivity index (χ0v) is 30.1. The molecule has 3 nitrogen and oxygen atoms in total. The van der Waals surface area contributed by atoms with Crippen molar-refractivity contribution in [1.82, 2.24) is 15.0 Å². The quantitative estimate of drug-likeness (QED) is 0.184. The normalized spacial score (nSPS) is 23.3. The summed E-state index contributed by atoms with van der Waals surface area (Å²) in [6, 6.07) is 55.3. The lowest BCUT2D eigenvalue weighted by molar-refractivity contribution is -0.0399. The first-order valence-electron chi connectivity index (χ1n) is 19.8. The molecule has 1 heterocycles. The van der Waals surface area contributed by atoms with E-state index in [1.165, 1.54) is 76.1 Å². The van der Waals surface area contributed by atoms with E-state index < -0.39 is 0 Å². The van der Waals surface area contributed by atoms with Crippen molar-refractivity contribution in [3.05, 3.63) is 163 Å². The summed E-state index contributed by atoms with van der Waals surface area (Å²) in [4.78, 5) is 15.9. The highest BCUT2D eigenvalue weighted by Gasteiger charge is 2.61. The maximum Gasteiger partial charge on any atom is 0.164 e. The fourth-order valence-corrected chi connectivity index (χ4v) is 11.7. The van der Waals surface area contributed by atoms with Gasteiger partial charge in [-0.1, -0.05) is 146 Å². The average Bonchev–Trinajstić information content (AvgIpc) is 3.53. The number of hydrogen-bond donors (Lipinski definition) is 0. The van der Waals surface area contributed by atoms with Gasteiger partial charge in [0, 0.05) is 22.1 Å². The minimum atomic E-state index is 0.0414. The zero-order chi connectivity index (χ0) is 35.4. The monoisotopic (exact) mass is 693 g/mol. The summed E-state index contributed by atoms with van der Waals surface area (Å²) in [6.07, 6.45) is 6.84. The number of rotatable bonds is 4. The van der Waals surface area contributed by atoms with Crippen molar-refractivity contribution in [3.8, 4) is 56.4 Å². The second kappa shape index (κ2) is 11.5. The van der Waals surface area contributed by atoms with Crippen LogP contribution in [0.2, 0.25) is 0 Å². The average molecular weight is 694 g/mol. The third-order valence-electron chi connectivity index (χ3n) is 13.7. The Kier molecular flexibility index (Phi) is 6.52. The van der Waals surface area contributed by atoms with Gasteiger partial charge in [-0.15, -0.1) is 0 Å². The van der Waals surface area contributed by atoms with E-state index in [9.17, 15) is 0 Å². The number of aromatic nitrogens is 3. The molecule has 1 aromatic heterocycles. The fraction of sp³-hybridized carbons (Fsp3) is 0.196. The van der Waals surface area contributed by atoms with Gasteiger partial charge in [0.15, 0.2) is 17.5 Å². The molecular formula is C51H39N3. The Hall–Kier alpha value is -5.93. The summed E-state index contributed by atoms with van der Waals surface area (Å²) >= 11 is 0. The second-order valence-electron chi connectivity index (χ2n) is 16.4. The van der Waals surface area contributed by atoms with Crippen LogP contribution in [-0.2, 0) is 5.41 Å². The first-order chi connectivity index (χ1) is 26.7. The van der Waals surface area contributed by atoms with Crippen molar-refractivity contribution in [2.75, 3.05) is 0 Å². The maximum absolute atomic E-state index is 5.34. The van der Waals surface area contributed by atoms with E-state index in [0.29, 0.717) is 23.5 Å². The molecule has 4 saturated carbocycles. The van der Waals surface area contributed by atoms with Gasteiger partial charge in [0.25, 0.3) is 0 Å². The zero-order valence-electron chi connectivity index (χ0n) is 30.1. The predicted molar refractivity (Wildman–Crippen MR) is 220 cm³/mol. The van der Waals surface area contributed by atoms with Crippen LogP contribution in [0.15, 0.2) is 152 Å². The molecule has 13 rings (SSSR count). The van der Waals surface area contributed by atoms with Crippen LogP contribution in [0.5, 0.6) is 0 Å². The molecule has 1 spiro atoms. The molecule has 0 radical (unpaired) electrons. The highest BCUT2D eigenvalue weighted by atomic mass is 15.0. The van der Waals surface area contributed by atoms with Gasteiger partial charge in [0.2, 0.25) is 0 Å². The van der Waals surface area contributed by atoms with Crippen LogP contribution >= 0.6 is 0 Å². The molecule has 5 aliphatic carbocycles. The van der Waals surface area contributed by atoms with Gasteiger partial charge in [-0.3, -0.25) is 0 Å². The van der Waals surface area contributed by atoms with E-state index in [2.05, 4.69) is 152 Å². The number of benzene rings is 7. The SMILES string of the molecule is c1ccc(-c2ccc(-c3nc(-c4ccc5c(c4)C4(c6ccc7ccccc7c6-5)C5CC6CC(C5)CC4C6)nc(-c4cccc5ccccc45)n3)cc2)cc1. The summed E-state index contributed by atoms with van der Waals surface area (Å²) in [5.41, 5.74) is 11.5. The highest BCUT2D eigenvalue weighted by Crippen LogP contribution is 2.70. The Morgan fingerprint density at radius 3 is 1.72 bits per heavy atom. The molecule has 7 aromatic carbocycles. The van der Waals surface area contributed by atoms with E-state index in [1.54, 1.807) is 5.56 Å². The minimum absolute atomic E-state index is 0.0414. The van der Waals surface area contributed by atoms with Crippen molar-refractivity contribution in [2.45, 2.75) is 37.5 Å². The Balaban J connectivity index is 1.07. The summed E-state index contributed by atoms with van der Waals surface area (Å²) in [7, 11) is 0. The minimum Gasteiger partial charge on any atom is -0.208 e. The van der Waals surface area contributed by atoms with E-state index in [0.717, 1.165) is 39.7 Å². The second-order valence-corrected chi connectivity index (χ2v) is 16.4. The highest BCUT2D eigenvalue weighted by molar-refractivity contribution is 6.03. The van der Waals surface area contributed by atoms with E-state index in [4.69, 9.17) is 15.0 Å². The molecule has 4 fully saturated rings. The van der Waals surface area contributed by atoms with Crippen molar-refractivity contribution in [1.29, 1.82) is 0 Å². The lowest BCUT2D eigenvalue weighted by Gasteiger charge is -2.61. The van der Waals surface area contributed by atoms with Crippen molar-refractivity contribution < 1.29 is 0 Å². The van der Waals surface area contributed by atoms with Crippen LogP contribution in [0.4, 0.5) is 0 Å². The van der Waals surface area contributed by atoms with E-state index >= 15 is 0 Å². The summed E-state index contributed by atoms with van der Waals surface area (Å²) in [6.45, 7) is 0. The topological polar surface area (TPSA) is 38.7 Å². The van der Waals surface area contributed by atoms with Crippen molar-refractivity contribution in [3.63, 3.8) is 0 Å². The van der Waals surface area contributed by atoms with Crippen LogP contribution < -0.4 is 0 Å². The molecule has 5 aliphatic rings. The van der Waals surface area contributed by atoms with Gasteiger partial charge in [0.1, 0.15) is 0 Å². The van der Waals surface area contributed by atoms with Gasteiger partial charge in [-0.2, -0.15) is 0 Å². The Morgan fingerprint density at radius 2 is 0.963 bits per heavy atom. The first kappa shape index (κ1) is 30.5. The third-order valence-corrected chi connectivity index (χ3v) is 13.7. The first-order valence-corrected chi connectivity index (χ1v) is 19.8. The van der Waals surface area contributed by atoms with E-state index in [1.807, 2.05) is 0 Å². The molecule has 4 bridgehead atoms. The molecular weight excluding hydrogens is 655 g/mol. The largest absolute Gasteiger partial charge is 0.208 e. The van der Waals surface area contributed by atoms with Gasteiger partial charge in [-0.05, 0) is 117 Å². The van der Waals surface area contributed by atoms with Gasteiger partial charge < -0.3 is 0 Å². The predicted octanol–water partition coefficient (Wildman–Crippen LogP) is 12.6. The van der Waals surface area contributed by atoms with E-state index in [-0.39, 0.29) is 5.41 Å². The summed E-state index contributed by atoms with van der Waals surface area (Å²) < 4.78 is 0. The smallest absolute Gasteiger partial charge is 0.164 e. The number of hydrogen-bond acceptors (Lipinski definition) is 3. The van der Waals surface area contributed by atoms with Gasteiger partial charge >= 0.3 is 0 Å². The molecule has 0 amide bonds. The Morgan fingerprint density at radius 1 is 0.389 bits per heavy atom. The molecule has 0 unspecified atom stereocenters. The van der Waals surface area contributed by atoms with Crippen LogP contribution in [-0.4, -0.2) is 15.0 Å². The lowest BCUT2D eigenvalue weighted by Crippen LogP contribution is -2.55. The molecule has 0 saturated heterocycles. The molecule has 54 heavy (non-hydrogen) atoms. The molecule has 0 atom stereocenters. The lowest BCUT2D eigenvalue weighted by atomic mass is 9.43. The Bertz CT molecular complexity index is 2750. The molecule has 8 aromatic rings. The van der Waals surface area contributed by atoms with Gasteiger partial charge in [0.05, 0.1) is 0 Å². The molecule has 0 N–H and O–H groups in total.